The van der Waals surface area contributed by atoms with Crippen molar-refractivity contribution in [1.29, 1.82) is 0 Å². The third-order valence-corrected chi connectivity index (χ3v) is 25.3. The van der Waals surface area contributed by atoms with Crippen LogP contribution < -0.4 is 14.2 Å². The van der Waals surface area contributed by atoms with Gasteiger partial charge in [-0.1, -0.05) is 35.3 Å². The van der Waals surface area contributed by atoms with Crippen LogP contribution in [0.25, 0.3) is 0 Å². The van der Waals surface area contributed by atoms with Crippen molar-refractivity contribution in [3.8, 4) is 0 Å². The van der Waals surface area contributed by atoms with Gasteiger partial charge in [-0.15, -0.1) is 0 Å². The Morgan fingerprint density at radius 3 is 0.714 bits per heavy atom. The number of ether oxygens (including phenoxy) is 9. The molecule has 0 radical (unpaired) electrons. The third-order valence-electron chi connectivity index (χ3n) is 17.7. The van der Waals surface area contributed by atoms with E-state index >= 15 is 0 Å². The normalized spacial score (nSPS) is 38.6. The van der Waals surface area contributed by atoms with Crippen molar-refractivity contribution >= 4 is 82.4 Å². The monoisotopic (exact) mass is 1610 g/mol. The van der Waals surface area contributed by atoms with Crippen LogP contribution in [-0.2, 0) is 72.7 Å². The molecule has 6 aliphatic rings. The maximum Gasteiger partial charge on any atom is 0.261 e. The van der Waals surface area contributed by atoms with Gasteiger partial charge in [-0.25, -0.2) is 25.3 Å². The summed E-state index contributed by atoms with van der Waals surface area (Å²) < 4.78 is 144. The van der Waals surface area contributed by atoms with Gasteiger partial charge in [0.25, 0.3) is 30.1 Å². The zero-order valence-electron chi connectivity index (χ0n) is 54.2. The second-order valence-corrected chi connectivity index (χ2v) is 33.5. The Hall–Kier alpha value is -4.02. The van der Waals surface area contributed by atoms with Crippen molar-refractivity contribution in [3.05, 3.63) is 91.0 Å². The predicted octanol–water partition coefficient (Wildman–Crippen LogP) is -8.76. The summed E-state index contributed by atoms with van der Waals surface area (Å²) in [7, 11) is -15.1. The molecule has 588 valence electrons. The maximum atomic E-state index is 14.4. The van der Waals surface area contributed by atoms with Crippen LogP contribution in [-0.4, -0.2) is 354 Å². The number of sulfonamides is 3. The van der Waals surface area contributed by atoms with Gasteiger partial charge in [0, 0.05) is 31.7 Å². The van der Waals surface area contributed by atoms with E-state index in [4.69, 9.17) is 42.6 Å². The Morgan fingerprint density at radius 1 is 0.286 bits per heavy atom. The SMILES string of the molecule is O=S(=O)(Nc1ccc(S[C@@H]2O[C@H](CO)[C@@H](O[C@@H]3O[C@H](CO)[C@@H](O)[C@H](O)[C@H]3O)[C@H](O)[C@H]2O)cc1)c1cc(S(=O)(=O)Nc2ccc(S[C@@H]3O[C@H](CO)[C@@H](O[C@@H]4O[C@H](CO)[C@@H](O)[C@H](O)[C@H]4O)[C@H](O)[C@H]3O)cc2)cc(S(=O)(=O)Nc2ccc(S[C@@H]3O[C@H](CO)[C@@H](O[C@@H]4O[C@H](CO)[C@@H](O)[C@H](O)[C@H]4O)[C@H](O)[C@H]3O)cc2)c1. The first-order valence-corrected chi connectivity index (χ1v) is 39.0. The van der Waals surface area contributed by atoms with Crippen LogP contribution in [0.15, 0.2) is 120 Å². The molecule has 0 aliphatic carbocycles. The number of nitrogens with one attached hydrogen (secondary N) is 3. The van der Waals surface area contributed by atoms with Gasteiger partial charge < -0.3 is 150 Å². The van der Waals surface area contributed by atoms with E-state index in [-0.39, 0.29) is 31.7 Å². The number of hydrogen-bond donors (Lipinski definition) is 24. The van der Waals surface area contributed by atoms with Crippen LogP contribution in [0.4, 0.5) is 17.1 Å². The lowest BCUT2D eigenvalue weighted by molar-refractivity contribution is -0.338. The van der Waals surface area contributed by atoms with Gasteiger partial charge in [-0.05, 0) is 91.0 Å². The average molecular weight is 1610 g/mol. The van der Waals surface area contributed by atoms with Gasteiger partial charge in [0.05, 0.1) is 54.3 Å². The molecule has 39 nitrogen and oxygen atoms in total. The van der Waals surface area contributed by atoms with Crippen LogP contribution in [0.5, 0.6) is 0 Å². The molecule has 0 spiro atoms. The molecular formula is C60H81N3O36S6. The molecule has 30 atom stereocenters. The summed E-state index contributed by atoms with van der Waals surface area (Å²) >= 11 is 2.31. The fourth-order valence-corrected chi connectivity index (χ4v) is 18.6. The van der Waals surface area contributed by atoms with Gasteiger partial charge >= 0.3 is 0 Å². The van der Waals surface area contributed by atoms with Crippen molar-refractivity contribution < 1.29 is 175 Å². The average Bonchev–Trinajstić information content (AvgIpc) is 0.786. The smallest absolute Gasteiger partial charge is 0.261 e. The van der Waals surface area contributed by atoms with E-state index in [2.05, 4.69) is 14.2 Å². The highest BCUT2D eigenvalue weighted by molar-refractivity contribution is 8.00. The zero-order valence-corrected chi connectivity index (χ0v) is 59.1. The summed E-state index contributed by atoms with van der Waals surface area (Å²) in [4.78, 5) is -2.12. The van der Waals surface area contributed by atoms with Crippen LogP contribution in [0.3, 0.4) is 0 Å². The molecule has 4 aromatic carbocycles. The molecule has 0 unspecified atom stereocenters. The first-order valence-electron chi connectivity index (χ1n) is 32.0. The van der Waals surface area contributed by atoms with E-state index in [1.807, 2.05) is 0 Å². The molecular weight excluding hydrogens is 1530 g/mol. The zero-order chi connectivity index (χ0) is 76.5. The Kier molecular flexibility index (Phi) is 27.9. The van der Waals surface area contributed by atoms with E-state index in [1.165, 1.54) is 72.8 Å². The highest BCUT2D eigenvalue weighted by atomic mass is 32.2. The first kappa shape index (κ1) is 83.5. The lowest BCUT2D eigenvalue weighted by Crippen LogP contribution is -2.64. The number of hydrogen-bond acceptors (Lipinski definition) is 39. The molecule has 0 bridgehead atoms. The maximum absolute atomic E-state index is 14.4. The lowest BCUT2D eigenvalue weighted by atomic mass is 9.97. The van der Waals surface area contributed by atoms with E-state index in [1.54, 1.807) is 0 Å². The quantitative estimate of drug-likeness (QED) is 0.0264. The third kappa shape index (κ3) is 18.6. The summed E-state index contributed by atoms with van der Waals surface area (Å²) in [6.07, 6.45) is -46.4. The molecule has 6 saturated heterocycles. The van der Waals surface area contributed by atoms with Crippen LogP contribution in [0, 0.1) is 0 Å². The van der Waals surface area contributed by atoms with Crippen molar-refractivity contribution in [2.75, 3.05) is 53.8 Å². The second kappa shape index (κ2) is 35.1. The molecule has 0 amide bonds. The summed E-state index contributed by atoms with van der Waals surface area (Å²) in [6.45, 7) is -4.99. The Balaban J connectivity index is 0.851. The first-order chi connectivity index (χ1) is 49.7. The van der Waals surface area contributed by atoms with Crippen LogP contribution in [0.1, 0.15) is 0 Å². The van der Waals surface area contributed by atoms with Gasteiger partial charge in [0.15, 0.2) is 18.9 Å². The number of aliphatic hydroxyl groups is 21. The minimum Gasteiger partial charge on any atom is -0.394 e. The summed E-state index contributed by atoms with van der Waals surface area (Å²) in [5.41, 5.74) is -4.75. The topological polar surface area (TPSA) is 646 Å². The summed E-state index contributed by atoms with van der Waals surface area (Å²) in [5.74, 6) is 0. The Labute approximate surface area is 610 Å². The van der Waals surface area contributed by atoms with E-state index < -0.39 is 266 Å². The van der Waals surface area contributed by atoms with Crippen molar-refractivity contribution in [2.45, 2.75) is 211 Å². The summed E-state index contributed by atoms with van der Waals surface area (Å²) in [6, 6.07) is 17.0. The molecule has 4 aromatic rings. The van der Waals surface area contributed by atoms with E-state index in [0.717, 1.165) is 35.3 Å². The van der Waals surface area contributed by atoms with E-state index in [9.17, 15) is 132 Å². The summed E-state index contributed by atoms with van der Waals surface area (Å²) in [5, 5.41) is 220. The fourth-order valence-electron chi connectivity index (χ4n) is 11.8. The molecule has 6 heterocycles. The van der Waals surface area contributed by atoms with E-state index in [0.29, 0.717) is 18.2 Å². The molecule has 6 aliphatic heterocycles. The second-order valence-electron chi connectivity index (χ2n) is 24.9. The highest BCUT2D eigenvalue weighted by Crippen LogP contribution is 2.41. The minimum absolute atomic E-state index is 0.210. The van der Waals surface area contributed by atoms with Crippen LogP contribution in [0.2, 0.25) is 0 Å². The number of aliphatic hydroxyl groups excluding tert-OH is 21. The lowest BCUT2D eigenvalue weighted by Gasteiger charge is -2.46. The number of thioether (sulfide) groups is 3. The van der Waals surface area contributed by atoms with Gasteiger partial charge in [-0.3, -0.25) is 14.2 Å². The number of benzene rings is 4. The molecule has 10 rings (SSSR count). The number of rotatable bonds is 27. The number of anilines is 3. The molecule has 6 fully saturated rings. The predicted molar refractivity (Wildman–Crippen MR) is 355 cm³/mol. The molecule has 0 aromatic heterocycles. The fraction of sp³-hybridized carbons (Fsp3) is 0.600. The van der Waals surface area contributed by atoms with Gasteiger partial charge in [0.1, 0.15) is 163 Å². The highest BCUT2D eigenvalue weighted by Gasteiger charge is 2.55. The Bertz CT molecular complexity index is 3440. The van der Waals surface area contributed by atoms with Crippen molar-refractivity contribution in [2.24, 2.45) is 0 Å². The van der Waals surface area contributed by atoms with Gasteiger partial charge in [-0.2, -0.15) is 0 Å². The molecule has 105 heavy (non-hydrogen) atoms. The van der Waals surface area contributed by atoms with Gasteiger partial charge in [0.2, 0.25) is 0 Å². The molecule has 24 N–H and O–H groups in total. The molecule has 0 saturated carbocycles. The van der Waals surface area contributed by atoms with Crippen molar-refractivity contribution in [1.82, 2.24) is 0 Å². The Morgan fingerprint density at radius 2 is 0.505 bits per heavy atom. The molecule has 45 heteroatoms. The van der Waals surface area contributed by atoms with Crippen LogP contribution >= 0.6 is 35.3 Å². The van der Waals surface area contributed by atoms with Crippen molar-refractivity contribution in [3.63, 3.8) is 0 Å². The minimum atomic E-state index is -5.03. The standard InChI is InChI=1S/C60H81N3O36S6/c64-16-31-37(70)40(73)46(79)55(91-31)97-52-34(19-67)94-58(49(82)43(52)76)100-25-7-1-22(2-8-25)61-103(85,86)28-13-29(104(87,88)62-23-3-9-26(10-4-23)101-59-50(83)44(77)53(35(20-68)95-59)98-56-47(80)41(74)38(71)32(17-65)92-56)15-30(14-28)105(89,90)63-24-5-11-27(12-6-24)102-60-51(84)45(78)54(36(21-69)96-60)99-57-48(81)42(75)39(72)33(18-66)93-57/h1-15,31-84H,16-21H2/t31-,32-,33-,34-,35-,36-,37-,38-,39-,40+,41+,42+,43-,44-,45-,46-,47-,48-,49-,50-,51-,52-,53-,54-,55+,56+,57+,58+,59+,60+/m1/s1. The largest absolute Gasteiger partial charge is 0.394 e.